The lowest BCUT2D eigenvalue weighted by molar-refractivity contribution is 0.607. The molecule has 0 heterocycles. The van der Waals surface area contributed by atoms with Gasteiger partial charge in [-0.1, -0.05) is 24.3 Å². The Morgan fingerprint density at radius 1 is 0.655 bits per heavy atom. The van der Waals surface area contributed by atoms with Crippen molar-refractivity contribution in [3.05, 3.63) is 47.5 Å². The molecule has 6 nitrogen and oxygen atoms in total. The highest BCUT2D eigenvalue weighted by Gasteiger charge is 2.28. The molecule has 154 valence electrons. The number of nitrogens with zero attached hydrogens (tertiary/aromatic N) is 6. The molecule has 0 atom stereocenters. The number of benzene rings is 2. The van der Waals surface area contributed by atoms with Crippen LogP contribution in [0, 0.1) is 0 Å². The highest BCUT2D eigenvalue weighted by molar-refractivity contribution is 6.06. The van der Waals surface area contributed by atoms with Crippen molar-refractivity contribution in [2.24, 2.45) is 9.98 Å². The number of rotatable bonds is 2. The number of aliphatic imine (C=N–C) groups is 2. The highest BCUT2D eigenvalue weighted by atomic mass is 15.4. The van der Waals surface area contributed by atoms with Gasteiger partial charge in [-0.2, -0.15) is 0 Å². The SMILES string of the molecule is CN=C(N(C)C)N(C)c1cccc2c1-c1c(cccc1N(C)C(=NC)N(C)C)C2. The zero-order valence-electron chi connectivity index (χ0n) is 18.9. The van der Waals surface area contributed by atoms with Crippen molar-refractivity contribution in [3.63, 3.8) is 0 Å². The van der Waals surface area contributed by atoms with Crippen LogP contribution >= 0.6 is 0 Å². The van der Waals surface area contributed by atoms with E-state index in [2.05, 4.69) is 70.3 Å². The van der Waals surface area contributed by atoms with Crippen LogP contribution in [0.1, 0.15) is 11.1 Å². The van der Waals surface area contributed by atoms with Gasteiger partial charge >= 0.3 is 0 Å². The van der Waals surface area contributed by atoms with E-state index in [1.165, 1.54) is 22.3 Å². The van der Waals surface area contributed by atoms with Crippen molar-refractivity contribution in [2.45, 2.75) is 6.42 Å². The molecule has 0 radical (unpaired) electrons. The van der Waals surface area contributed by atoms with Crippen molar-refractivity contribution in [1.29, 1.82) is 0 Å². The minimum absolute atomic E-state index is 0.918. The predicted octanol–water partition coefficient (Wildman–Crippen LogP) is 3.23. The van der Waals surface area contributed by atoms with Gasteiger partial charge in [-0.25, -0.2) is 0 Å². The summed E-state index contributed by atoms with van der Waals surface area (Å²) in [7, 11) is 15.9. The van der Waals surface area contributed by atoms with Gasteiger partial charge in [0.15, 0.2) is 11.9 Å². The molecule has 0 fully saturated rings. The molecule has 2 aromatic rings. The Balaban J connectivity index is 2.21. The molecule has 1 aliphatic carbocycles. The third-order valence-electron chi connectivity index (χ3n) is 5.41. The fourth-order valence-corrected chi connectivity index (χ4v) is 4.32. The van der Waals surface area contributed by atoms with E-state index in [4.69, 9.17) is 0 Å². The van der Waals surface area contributed by atoms with Crippen molar-refractivity contribution in [2.75, 3.05) is 66.2 Å². The third-order valence-corrected chi connectivity index (χ3v) is 5.41. The van der Waals surface area contributed by atoms with Crippen LogP contribution in [-0.2, 0) is 6.42 Å². The molecule has 0 amide bonds. The van der Waals surface area contributed by atoms with E-state index in [0.717, 1.165) is 29.7 Å². The average Bonchev–Trinajstić information content (AvgIpc) is 3.06. The number of hydrogen-bond acceptors (Lipinski definition) is 2. The van der Waals surface area contributed by atoms with E-state index in [1.54, 1.807) is 0 Å². The second-order valence-electron chi connectivity index (χ2n) is 7.75. The second kappa shape index (κ2) is 8.15. The molecule has 3 rings (SSSR count). The van der Waals surface area contributed by atoms with Gasteiger partial charge in [0.05, 0.1) is 11.4 Å². The maximum atomic E-state index is 4.50. The fourth-order valence-electron chi connectivity index (χ4n) is 4.32. The quantitative estimate of drug-likeness (QED) is 0.496. The van der Waals surface area contributed by atoms with Gasteiger partial charge in [-0.05, 0) is 29.7 Å². The topological polar surface area (TPSA) is 37.7 Å². The van der Waals surface area contributed by atoms with E-state index < -0.39 is 0 Å². The number of fused-ring (bicyclic) bond motifs is 3. The first-order valence-electron chi connectivity index (χ1n) is 9.81. The van der Waals surface area contributed by atoms with Crippen LogP contribution in [-0.4, -0.2) is 78.1 Å². The first-order valence-corrected chi connectivity index (χ1v) is 9.81. The minimum Gasteiger partial charge on any atom is -0.349 e. The summed E-state index contributed by atoms with van der Waals surface area (Å²) in [6.45, 7) is 0. The second-order valence-corrected chi connectivity index (χ2v) is 7.75. The molecule has 2 aromatic carbocycles. The Morgan fingerprint density at radius 2 is 1.03 bits per heavy atom. The van der Waals surface area contributed by atoms with Crippen LogP contribution < -0.4 is 9.80 Å². The summed E-state index contributed by atoms with van der Waals surface area (Å²) in [6.07, 6.45) is 0.940. The summed E-state index contributed by atoms with van der Waals surface area (Å²) in [6, 6.07) is 13.1. The van der Waals surface area contributed by atoms with Gasteiger partial charge in [0.2, 0.25) is 0 Å². The molecule has 1 aliphatic rings. The standard InChI is InChI=1S/C23H32N6/c1-24-22(26(3)4)28(7)18-13-9-11-16-15-17-12-10-14-19(21(17)20(16)18)29(8)23(25-2)27(5)6/h9-14H,15H2,1-8H3. The van der Waals surface area contributed by atoms with Crippen molar-refractivity contribution in [1.82, 2.24) is 9.80 Å². The molecule has 0 saturated carbocycles. The predicted molar refractivity (Wildman–Crippen MR) is 126 cm³/mol. The summed E-state index contributed by atoms with van der Waals surface area (Å²) in [4.78, 5) is 17.4. The Labute approximate surface area is 174 Å². The molecular weight excluding hydrogens is 360 g/mol. The third kappa shape index (κ3) is 3.55. The summed E-state index contributed by atoms with van der Waals surface area (Å²) in [5.41, 5.74) is 7.58. The summed E-state index contributed by atoms with van der Waals surface area (Å²) >= 11 is 0. The van der Waals surface area contributed by atoms with Gasteiger partial charge in [-0.3, -0.25) is 9.98 Å². The smallest absolute Gasteiger partial charge is 0.200 e. The summed E-state index contributed by atoms with van der Waals surface area (Å²) in [5, 5.41) is 0. The monoisotopic (exact) mass is 392 g/mol. The maximum Gasteiger partial charge on any atom is 0.200 e. The summed E-state index contributed by atoms with van der Waals surface area (Å²) < 4.78 is 0. The van der Waals surface area contributed by atoms with Crippen molar-refractivity contribution >= 4 is 23.3 Å². The molecule has 0 aliphatic heterocycles. The van der Waals surface area contributed by atoms with Crippen LogP contribution in [0.15, 0.2) is 46.4 Å². The first kappa shape index (κ1) is 20.7. The largest absolute Gasteiger partial charge is 0.349 e. The first-order chi connectivity index (χ1) is 13.8. The fraction of sp³-hybridized carbons (Fsp3) is 0.391. The zero-order valence-corrected chi connectivity index (χ0v) is 18.9. The lowest BCUT2D eigenvalue weighted by Crippen LogP contribution is -2.39. The van der Waals surface area contributed by atoms with E-state index >= 15 is 0 Å². The van der Waals surface area contributed by atoms with Crippen LogP contribution in [0.3, 0.4) is 0 Å². The van der Waals surface area contributed by atoms with Crippen LogP contribution in [0.25, 0.3) is 11.1 Å². The van der Waals surface area contributed by atoms with Crippen LogP contribution in [0.2, 0.25) is 0 Å². The van der Waals surface area contributed by atoms with E-state index in [1.807, 2.05) is 52.1 Å². The van der Waals surface area contributed by atoms with Gasteiger partial charge in [0.1, 0.15) is 0 Å². The minimum atomic E-state index is 0.918. The molecule has 29 heavy (non-hydrogen) atoms. The van der Waals surface area contributed by atoms with Gasteiger partial charge < -0.3 is 19.6 Å². The highest BCUT2D eigenvalue weighted by Crippen LogP contribution is 2.47. The molecule has 0 unspecified atom stereocenters. The number of guanidine groups is 2. The van der Waals surface area contributed by atoms with Gasteiger partial charge in [0, 0.05) is 67.5 Å². The van der Waals surface area contributed by atoms with E-state index in [9.17, 15) is 0 Å². The summed E-state index contributed by atoms with van der Waals surface area (Å²) in [5.74, 6) is 1.84. The molecule has 0 bridgehead atoms. The Bertz CT molecular complexity index is 880. The van der Waals surface area contributed by atoms with Crippen LogP contribution in [0.4, 0.5) is 11.4 Å². The molecule has 0 N–H and O–H groups in total. The van der Waals surface area contributed by atoms with Gasteiger partial charge in [-0.15, -0.1) is 0 Å². The van der Waals surface area contributed by atoms with Crippen LogP contribution in [0.5, 0.6) is 0 Å². The number of anilines is 2. The Morgan fingerprint density at radius 3 is 1.34 bits per heavy atom. The van der Waals surface area contributed by atoms with E-state index in [-0.39, 0.29) is 0 Å². The maximum absolute atomic E-state index is 4.50. The molecule has 0 aromatic heterocycles. The van der Waals surface area contributed by atoms with Gasteiger partial charge in [0.25, 0.3) is 0 Å². The molecule has 0 saturated heterocycles. The van der Waals surface area contributed by atoms with E-state index in [0.29, 0.717) is 0 Å². The van der Waals surface area contributed by atoms with Crippen molar-refractivity contribution < 1.29 is 0 Å². The molecule has 6 heteroatoms. The van der Waals surface area contributed by atoms with Crippen molar-refractivity contribution in [3.8, 4) is 11.1 Å². The lowest BCUT2D eigenvalue weighted by Gasteiger charge is -2.30. The number of hydrogen-bond donors (Lipinski definition) is 0. The molecule has 0 spiro atoms. The lowest BCUT2D eigenvalue weighted by atomic mass is 10.0. The zero-order chi connectivity index (χ0) is 21.3. The Hall–Kier alpha value is -3.02. The normalized spacial score (nSPS) is 13.1. The average molecular weight is 393 g/mol. The molecular formula is C23H32N6. The Kier molecular flexibility index (Phi) is 5.82.